The van der Waals surface area contributed by atoms with Gasteiger partial charge in [0.15, 0.2) is 9.93 Å². The molecule has 3 nitrogen and oxygen atoms in total. The van der Waals surface area contributed by atoms with Gasteiger partial charge in [-0.2, -0.15) is 0 Å². The first-order valence-corrected chi connectivity index (χ1v) is 5.35. The van der Waals surface area contributed by atoms with Crippen molar-refractivity contribution in [2.45, 2.75) is 49.5 Å². The number of rotatable bonds is 6. The minimum absolute atomic E-state index is 0.175. The number of unbranched alkanes of at least 4 members (excludes halogenated alkanes) is 2. The molecule has 0 bridgehead atoms. The molecular formula is C9H16Cl2O3. The van der Waals surface area contributed by atoms with Crippen LogP contribution >= 0.6 is 23.2 Å². The fraction of sp³-hybridized carbons (Fsp3) is 0.889. The lowest BCUT2D eigenvalue weighted by Gasteiger charge is -2.31. The third-order valence-corrected chi connectivity index (χ3v) is 3.37. The van der Waals surface area contributed by atoms with E-state index in [2.05, 4.69) is 0 Å². The van der Waals surface area contributed by atoms with Gasteiger partial charge in [-0.25, -0.2) is 0 Å². The minimum atomic E-state index is -1.89. The zero-order valence-electron chi connectivity index (χ0n) is 8.39. The Morgan fingerprint density at radius 3 is 2.21 bits per heavy atom. The van der Waals surface area contributed by atoms with Crippen LogP contribution < -0.4 is 0 Å². The maximum absolute atomic E-state index is 10.7. The molecule has 0 aliphatic heterocycles. The van der Waals surface area contributed by atoms with Gasteiger partial charge >= 0.3 is 5.97 Å². The Labute approximate surface area is 94.0 Å². The minimum Gasteiger partial charge on any atom is -0.480 e. The van der Waals surface area contributed by atoms with Gasteiger partial charge < -0.3 is 10.2 Å². The molecule has 2 N–H and O–H groups in total. The lowest BCUT2D eigenvalue weighted by Crippen LogP contribution is -2.49. The Hall–Kier alpha value is 0.01000. The number of halogens is 2. The van der Waals surface area contributed by atoms with Crippen molar-refractivity contribution >= 4 is 29.2 Å². The summed E-state index contributed by atoms with van der Waals surface area (Å²) in [7, 11) is 0. The molecule has 0 saturated heterocycles. The molecule has 0 aliphatic carbocycles. The molecule has 0 rings (SSSR count). The van der Waals surface area contributed by atoms with Crippen LogP contribution in [0.25, 0.3) is 0 Å². The molecule has 0 heterocycles. The monoisotopic (exact) mass is 242 g/mol. The van der Waals surface area contributed by atoms with Gasteiger partial charge in [-0.05, 0) is 19.8 Å². The van der Waals surface area contributed by atoms with Crippen molar-refractivity contribution in [1.82, 2.24) is 0 Å². The topological polar surface area (TPSA) is 57.5 Å². The Balaban J connectivity index is 4.36. The van der Waals surface area contributed by atoms with Crippen LogP contribution in [0.1, 0.15) is 39.5 Å². The molecule has 0 aliphatic rings. The summed E-state index contributed by atoms with van der Waals surface area (Å²) in [5.41, 5.74) is 0. The van der Waals surface area contributed by atoms with Crippen LogP contribution in [0, 0.1) is 0 Å². The zero-order chi connectivity index (χ0) is 11.4. The van der Waals surface area contributed by atoms with Crippen LogP contribution in [0.4, 0.5) is 0 Å². The maximum Gasteiger partial charge on any atom is 0.328 e. The van der Waals surface area contributed by atoms with Crippen LogP contribution in [0.5, 0.6) is 0 Å². The molecule has 0 aromatic heterocycles. The van der Waals surface area contributed by atoms with Crippen molar-refractivity contribution in [1.29, 1.82) is 0 Å². The van der Waals surface area contributed by atoms with Crippen molar-refractivity contribution in [3.05, 3.63) is 0 Å². The Bertz CT molecular complexity index is 202. The molecule has 0 spiro atoms. The summed E-state index contributed by atoms with van der Waals surface area (Å²) >= 11 is 11.4. The van der Waals surface area contributed by atoms with Crippen LogP contribution in [0.3, 0.4) is 0 Å². The third kappa shape index (κ3) is 3.30. The first kappa shape index (κ1) is 14.0. The molecule has 14 heavy (non-hydrogen) atoms. The number of carboxylic acid groups (broad SMARTS) is 1. The molecule has 84 valence electrons. The number of hydrogen-bond donors (Lipinski definition) is 2. The summed E-state index contributed by atoms with van der Waals surface area (Å²) in [6.07, 6.45) is 2.70. The number of carboxylic acids is 1. The molecule has 0 amide bonds. The quantitative estimate of drug-likeness (QED) is 0.556. The number of hydrogen-bond acceptors (Lipinski definition) is 2. The van der Waals surface area contributed by atoms with Crippen molar-refractivity contribution in [3.8, 4) is 0 Å². The van der Waals surface area contributed by atoms with E-state index in [0.29, 0.717) is 6.42 Å². The second-order valence-electron chi connectivity index (χ2n) is 3.52. The highest BCUT2D eigenvalue weighted by atomic mass is 35.5. The average Bonchev–Trinajstić information content (AvgIpc) is 2.04. The summed E-state index contributed by atoms with van der Waals surface area (Å²) in [5, 5.41) is 16.6. The van der Waals surface area contributed by atoms with E-state index in [-0.39, 0.29) is 6.42 Å². The standard InChI is InChI=1S/C9H16Cl2O3/c1-3-4-5-6-9(11,14)8(2,10)7(12)13/h14H,3-6H2,1-2H3,(H,12,13). The van der Waals surface area contributed by atoms with Gasteiger partial charge in [0.2, 0.25) is 0 Å². The molecule has 0 fully saturated rings. The van der Waals surface area contributed by atoms with Crippen LogP contribution in [0.2, 0.25) is 0 Å². The molecule has 2 atom stereocenters. The largest absolute Gasteiger partial charge is 0.480 e. The number of carbonyl (C=O) groups is 1. The van der Waals surface area contributed by atoms with E-state index < -0.39 is 15.9 Å². The molecule has 0 aromatic carbocycles. The number of aliphatic hydroxyl groups is 1. The Morgan fingerprint density at radius 1 is 1.36 bits per heavy atom. The first-order chi connectivity index (χ1) is 6.25. The van der Waals surface area contributed by atoms with Crippen molar-refractivity contribution in [2.75, 3.05) is 0 Å². The molecular weight excluding hydrogens is 227 g/mol. The summed E-state index contributed by atoms with van der Waals surface area (Å²) < 4.78 is 0. The smallest absolute Gasteiger partial charge is 0.328 e. The van der Waals surface area contributed by atoms with Crippen LogP contribution in [-0.4, -0.2) is 26.1 Å². The second kappa shape index (κ2) is 5.19. The maximum atomic E-state index is 10.7. The normalized spacial score (nSPS) is 19.8. The second-order valence-corrected chi connectivity index (χ2v) is 4.91. The van der Waals surface area contributed by atoms with Gasteiger partial charge in [0, 0.05) is 0 Å². The molecule has 5 heteroatoms. The predicted octanol–water partition coefficient (Wildman–Crippen LogP) is 2.58. The van der Waals surface area contributed by atoms with Gasteiger partial charge in [0.1, 0.15) is 0 Å². The highest BCUT2D eigenvalue weighted by molar-refractivity contribution is 6.41. The van der Waals surface area contributed by atoms with Gasteiger partial charge in [-0.3, -0.25) is 4.79 Å². The lowest BCUT2D eigenvalue weighted by atomic mass is 9.97. The van der Waals surface area contributed by atoms with Crippen molar-refractivity contribution in [3.63, 3.8) is 0 Å². The van der Waals surface area contributed by atoms with Gasteiger partial charge in [-0.1, -0.05) is 31.4 Å². The Morgan fingerprint density at radius 2 is 1.86 bits per heavy atom. The SMILES string of the molecule is CCCCCC(O)(Cl)C(C)(Cl)C(=O)O. The van der Waals surface area contributed by atoms with E-state index in [0.717, 1.165) is 12.8 Å². The molecule has 0 saturated carbocycles. The number of aliphatic carboxylic acids is 1. The highest BCUT2D eigenvalue weighted by Crippen LogP contribution is 2.37. The Kier molecular flexibility index (Phi) is 5.20. The summed E-state index contributed by atoms with van der Waals surface area (Å²) in [5.74, 6) is -1.31. The molecule has 0 aromatic rings. The van der Waals surface area contributed by atoms with Gasteiger partial charge in [0.25, 0.3) is 0 Å². The van der Waals surface area contributed by atoms with Crippen LogP contribution in [0.15, 0.2) is 0 Å². The van der Waals surface area contributed by atoms with E-state index in [1.165, 1.54) is 6.92 Å². The lowest BCUT2D eigenvalue weighted by molar-refractivity contribution is -0.144. The summed E-state index contributed by atoms with van der Waals surface area (Å²) in [4.78, 5) is 8.88. The van der Waals surface area contributed by atoms with E-state index >= 15 is 0 Å². The van der Waals surface area contributed by atoms with E-state index in [4.69, 9.17) is 28.3 Å². The highest BCUT2D eigenvalue weighted by Gasteiger charge is 2.50. The van der Waals surface area contributed by atoms with Gasteiger partial charge in [-0.15, -0.1) is 11.6 Å². The third-order valence-electron chi connectivity index (χ3n) is 2.23. The fourth-order valence-electron chi connectivity index (χ4n) is 1.01. The summed E-state index contributed by atoms with van der Waals surface area (Å²) in [6.45, 7) is 3.21. The number of alkyl halides is 2. The first-order valence-electron chi connectivity index (χ1n) is 4.59. The fourth-order valence-corrected chi connectivity index (χ4v) is 1.32. The predicted molar refractivity (Wildman–Crippen MR) is 56.8 cm³/mol. The average molecular weight is 243 g/mol. The van der Waals surface area contributed by atoms with Crippen molar-refractivity contribution in [2.24, 2.45) is 0 Å². The van der Waals surface area contributed by atoms with E-state index in [1.807, 2.05) is 6.92 Å². The zero-order valence-corrected chi connectivity index (χ0v) is 9.90. The van der Waals surface area contributed by atoms with Gasteiger partial charge in [0.05, 0.1) is 0 Å². The van der Waals surface area contributed by atoms with Crippen LogP contribution in [-0.2, 0) is 4.79 Å². The van der Waals surface area contributed by atoms with Crippen molar-refractivity contribution < 1.29 is 15.0 Å². The molecule has 2 unspecified atom stereocenters. The van der Waals surface area contributed by atoms with E-state index in [9.17, 15) is 9.90 Å². The molecule has 0 radical (unpaired) electrons. The van der Waals surface area contributed by atoms with E-state index in [1.54, 1.807) is 0 Å². The summed E-state index contributed by atoms with van der Waals surface area (Å²) in [6, 6.07) is 0.